The number of rotatable bonds is 4. The Morgan fingerprint density at radius 3 is 2.27 bits per heavy atom. The Bertz CT molecular complexity index is 927. The second kappa shape index (κ2) is 7.40. The third-order valence-electron chi connectivity index (χ3n) is 4.73. The van der Waals surface area contributed by atoms with Gasteiger partial charge in [0.05, 0.1) is 6.42 Å². The number of esters is 1. The summed E-state index contributed by atoms with van der Waals surface area (Å²) in [4.78, 5) is 12.4. The average molecular weight is 340 g/mol. The molecule has 1 atom stereocenters. The van der Waals surface area contributed by atoms with Crippen molar-refractivity contribution < 1.29 is 9.53 Å². The molecule has 0 fully saturated rings. The zero-order chi connectivity index (χ0) is 17.8. The number of carbonyl (C=O) groups excluding carboxylic acids is 1. The van der Waals surface area contributed by atoms with Crippen LogP contribution in [0.2, 0.25) is 0 Å². The maximum Gasteiger partial charge on any atom is 0.315 e. The largest absolute Gasteiger partial charge is 0.431 e. The third-order valence-corrected chi connectivity index (χ3v) is 4.73. The lowest BCUT2D eigenvalue weighted by atomic mass is 9.81. The number of benzene rings is 3. The molecule has 4 rings (SSSR count). The highest BCUT2D eigenvalue weighted by Crippen LogP contribution is 2.38. The van der Waals surface area contributed by atoms with Crippen LogP contribution in [-0.4, -0.2) is 5.97 Å². The molecule has 1 unspecified atom stereocenters. The molecule has 0 spiro atoms. The normalized spacial score (nSPS) is 15.7. The molecule has 2 heteroatoms. The van der Waals surface area contributed by atoms with Crippen molar-refractivity contribution in [2.45, 2.75) is 18.8 Å². The van der Waals surface area contributed by atoms with Gasteiger partial charge in [-0.25, -0.2) is 0 Å². The Hall–Kier alpha value is -3.13. The summed E-state index contributed by atoms with van der Waals surface area (Å²) in [5, 5.41) is 0. The monoisotopic (exact) mass is 340 g/mol. The standard InChI is InChI=1S/C24H20O2/c25-24(15-18-9-3-1-4-10-18)26-21-16-20-13-7-8-14-22(20)23(17-21)19-11-5-2-6-12-19/h1-14,16,23H,15,17H2. The molecule has 2 nitrogen and oxygen atoms in total. The van der Waals surface area contributed by atoms with E-state index in [1.807, 2.05) is 48.5 Å². The summed E-state index contributed by atoms with van der Waals surface area (Å²) in [5.41, 5.74) is 4.61. The summed E-state index contributed by atoms with van der Waals surface area (Å²) in [6.07, 6.45) is 2.98. The summed E-state index contributed by atoms with van der Waals surface area (Å²) in [5.74, 6) is 0.726. The first-order valence-electron chi connectivity index (χ1n) is 8.88. The molecule has 1 aliphatic carbocycles. The van der Waals surface area contributed by atoms with Crippen LogP contribution in [-0.2, 0) is 16.0 Å². The number of allylic oxidation sites excluding steroid dienone is 1. The van der Waals surface area contributed by atoms with Crippen LogP contribution in [0.5, 0.6) is 0 Å². The van der Waals surface area contributed by atoms with E-state index >= 15 is 0 Å². The van der Waals surface area contributed by atoms with Crippen molar-refractivity contribution in [2.75, 3.05) is 0 Å². The number of fused-ring (bicyclic) bond motifs is 1. The van der Waals surface area contributed by atoms with E-state index < -0.39 is 0 Å². The number of ether oxygens (including phenoxy) is 1. The van der Waals surface area contributed by atoms with Gasteiger partial charge in [-0.15, -0.1) is 0 Å². The van der Waals surface area contributed by atoms with E-state index in [1.54, 1.807) is 0 Å². The van der Waals surface area contributed by atoms with Gasteiger partial charge in [-0.1, -0.05) is 84.9 Å². The lowest BCUT2D eigenvalue weighted by Crippen LogP contribution is -2.14. The zero-order valence-electron chi connectivity index (χ0n) is 14.5. The first kappa shape index (κ1) is 16.3. The van der Waals surface area contributed by atoms with Gasteiger partial charge in [0.25, 0.3) is 0 Å². The molecule has 3 aromatic carbocycles. The van der Waals surface area contributed by atoms with Crippen molar-refractivity contribution in [3.05, 3.63) is 113 Å². The van der Waals surface area contributed by atoms with Gasteiger partial charge < -0.3 is 4.74 Å². The van der Waals surface area contributed by atoms with E-state index in [0.29, 0.717) is 6.42 Å². The topological polar surface area (TPSA) is 26.3 Å². The number of hydrogen-bond donors (Lipinski definition) is 0. The molecule has 0 radical (unpaired) electrons. The fourth-order valence-electron chi connectivity index (χ4n) is 3.50. The molecule has 128 valence electrons. The van der Waals surface area contributed by atoms with Gasteiger partial charge in [-0.05, 0) is 28.3 Å². The number of carbonyl (C=O) groups is 1. The molecule has 0 saturated heterocycles. The zero-order valence-corrected chi connectivity index (χ0v) is 14.5. The quantitative estimate of drug-likeness (QED) is 0.599. The Labute approximate surface area is 153 Å². The maximum absolute atomic E-state index is 12.4. The average Bonchev–Trinajstić information content (AvgIpc) is 2.69. The summed E-state index contributed by atoms with van der Waals surface area (Å²) >= 11 is 0. The van der Waals surface area contributed by atoms with Crippen molar-refractivity contribution in [1.29, 1.82) is 0 Å². The van der Waals surface area contributed by atoms with Crippen LogP contribution in [0.4, 0.5) is 0 Å². The fourth-order valence-corrected chi connectivity index (χ4v) is 3.50. The van der Waals surface area contributed by atoms with Crippen LogP contribution >= 0.6 is 0 Å². The van der Waals surface area contributed by atoms with Crippen molar-refractivity contribution in [3.63, 3.8) is 0 Å². The van der Waals surface area contributed by atoms with Gasteiger partial charge in [0.15, 0.2) is 0 Å². The molecule has 26 heavy (non-hydrogen) atoms. The highest BCUT2D eigenvalue weighted by Gasteiger charge is 2.24. The van der Waals surface area contributed by atoms with Crippen molar-refractivity contribution >= 4 is 12.0 Å². The second-order valence-electron chi connectivity index (χ2n) is 6.54. The molecule has 3 aromatic rings. The van der Waals surface area contributed by atoms with Gasteiger partial charge in [0.2, 0.25) is 0 Å². The van der Waals surface area contributed by atoms with Gasteiger partial charge in [0, 0.05) is 12.3 Å². The van der Waals surface area contributed by atoms with Gasteiger partial charge in [0.1, 0.15) is 5.76 Å². The SMILES string of the molecule is O=C(Cc1ccccc1)OC1=Cc2ccccc2C(c2ccccc2)C1. The van der Waals surface area contributed by atoms with E-state index in [-0.39, 0.29) is 18.3 Å². The molecule has 0 N–H and O–H groups in total. The summed E-state index contributed by atoms with van der Waals surface area (Å²) in [6.45, 7) is 0. The van der Waals surface area contributed by atoms with Gasteiger partial charge in [-0.3, -0.25) is 4.79 Å². The maximum atomic E-state index is 12.4. The first-order valence-corrected chi connectivity index (χ1v) is 8.88. The molecule has 0 bridgehead atoms. The van der Waals surface area contributed by atoms with Crippen LogP contribution in [0.25, 0.3) is 6.08 Å². The molecule has 0 aromatic heterocycles. The lowest BCUT2D eigenvalue weighted by Gasteiger charge is -2.25. The van der Waals surface area contributed by atoms with Crippen LogP contribution in [0.3, 0.4) is 0 Å². The van der Waals surface area contributed by atoms with Crippen molar-refractivity contribution in [2.24, 2.45) is 0 Å². The first-order chi connectivity index (χ1) is 12.8. The smallest absolute Gasteiger partial charge is 0.315 e. The lowest BCUT2D eigenvalue weighted by molar-refractivity contribution is -0.138. The minimum Gasteiger partial charge on any atom is -0.431 e. The molecule has 0 saturated carbocycles. The predicted molar refractivity (Wildman–Crippen MR) is 104 cm³/mol. The fraction of sp³-hybridized carbons (Fsp3) is 0.125. The van der Waals surface area contributed by atoms with Gasteiger partial charge >= 0.3 is 5.97 Å². The summed E-state index contributed by atoms with van der Waals surface area (Å²) < 4.78 is 5.73. The van der Waals surface area contributed by atoms with E-state index in [0.717, 1.165) is 16.9 Å². The van der Waals surface area contributed by atoms with E-state index in [1.165, 1.54) is 11.1 Å². The van der Waals surface area contributed by atoms with Crippen molar-refractivity contribution in [1.82, 2.24) is 0 Å². The van der Waals surface area contributed by atoms with E-state index in [2.05, 4.69) is 42.5 Å². The summed E-state index contributed by atoms with van der Waals surface area (Å²) in [7, 11) is 0. The minimum atomic E-state index is -0.214. The van der Waals surface area contributed by atoms with Crippen molar-refractivity contribution in [3.8, 4) is 0 Å². The molecule has 0 aliphatic heterocycles. The molecule has 0 amide bonds. The second-order valence-corrected chi connectivity index (χ2v) is 6.54. The minimum absolute atomic E-state index is 0.205. The Morgan fingerprint density at radius 1 is 0.846 bits per heavy atom. The Morgan fingerprint density at radius 2 is 1.50 bits per heavy atom. The van der Waals surface area contributed by atoms with E-state index in [4.69, 9.17) is 4.74 Å². The van der Waals surface area contributed by atoms with Crippen LogP contribution < -0.4 is 0 Å². The molecular weight excluding hydrogens is 320 g/mol. The molecule has 1 aliphatic rings. The van der Waals surface area contributed by atoms with Crippen LogP contribution in [0.15, 0.2) is 90.7 Å². The third kappa shape index (κ3) is 3.60. The Kier molecular flexibility index (Phi) is 4.65. The van der Waals surface area contributed by atoms with Crippen LogP contribution in [0, 0.1) is 0 Å². The molecular formula is C24H20O2. The molecule has 0 heterocycles. The highest BCUT2D eigenvalue weighted by molar-refractivity contribution is 5.75. The van der Waals surface area contributed by atoms with Crippen LogP contribution in [0.1, 0.15) is 34.6 Å². The van der Waals surface area contributed by atoms with E-state index in [9.17, 15) is 4.79 Å². The Balaban J connectivity index is 1.57. The highest BCUT2D eigenvalue weighted by atomic mass is 16.5. The number of hydrogen-bond acceptors (Lipinski definition) is 2. The summed E-state index contributed by atoms with van der Waals surface area (Å²) in [6, 6.07) is 28.4. The van der Waals surface area contributed by atoms with Gasteiger partial charge in [-0.2, -0.15) is 0 Å². The predicted octanol–water partition coefficient (Wildman–Crippen LogP) is 5.35.